The van der Waals surface area contributed by atoms with Crippen molar-refractivity contribution in [1.82, 2.24) is 0 Å². The minimum atomic E-state index is -2.09. The Hall–Kier alpha value is -2.52. The summed E-state index contributed by atoms with van der Waals surface area (Å²) < 4.78 is 24.1. The fraction of sp³-hybridized carbons (Fsp3) is 0.556. The molecule has 12 heteroatoms. The molecule has 4 heterocycles. The van der Waals surface area contributed by atoms with Crippen molar-refractivity contribution in [2.75, 3.05) is 26.4 Å². The van der Waals surface area contributed by atoms with Gasteiger partial charge in [0.1, 0.15) is 13.2 Å². The molecule has 4 atom stereocenters. The van der Waals surface area contributed by atoms with Crippen molar-refractivity contribution in [2.24, 2.45) is 43.6 Å². The van der Waals surface area contributed by atoms with Gasteiger partial charge in [0.25, 0.3) is 0 Å². The summed E-state index contributed by atoms with van der Waals surface area (Å²) in [5, 5.41) is 0. The summed E-state index contributed by atoms with van der Waals surface area (Å²) in [5.74, 6) is 4.58. The summed E-state index contributed by atoms with van der Waals surface area (Å²) in [7, 11) is 12.9. The number of halogens is 2. The standard InChI is InChI=1S/C18H24N2O2.C18H23N2O2.2ClH.H2O.Rh/c2*1-11(2)15-9-21-17(19-15)13-6-5-7-14(8-13)18-20-16(10-22-18)12(3)4;;;;/h5-8,11-12,15-16H,9-10H2,1-4H3;5-7,11-12,15-16H,9-10H2,1-4H3;2*1H;1H2;/q;;;;;+2/p-2/t2*15-,16-;;;;/m11..../s1. The number of nitrogens with zero attached hydrogens (tertiary/aromatic N) is 4. The van der Waals surface area contributed by atoms with Gasteiger partial charge in [-0.2, -0.15) is 0 Å². The summed E-state index contributed by atoms with van der Waals surface area (Å²) in [6, 6.07) is 14.9. The minimum Gasteiger partial charge on any atom is -0.475 e. The van der Waals surface area contributed by atoms with Crippen molar-refractivity contribution in [3.63, 3.8) is 0 Å². The normalized spacial score (nSPS) is 23.3. The van der Waals surface area contributed by atoms with Crippen molar-refractivity contribution in [1.29, 1.82) is 0 Å². The van der Waals surface area contributed by atoms with Crippen LogP contribution in [0.1, 0.15) is 77.6 Å². The van der Waals surface area contributed by atoms with Crippen molar-refractivity contribution in [3.05, 3.63) is 64.7 Å². The van der Waals surface area contributed by atoms with Crippen molar-refractivity contribution in [2.45, 2.75) is 79.6 Å². The molecule has 0 bridgehead atoms. The maximum absolute atomic E-state index is 6.44. The summed E-state index contributed by atoms with van der Waals surface area (Å²) >= 11 is -2.09. The molecule has 0 spiro atoms. The maximum atomic E-state index is 6.44. The van der Waals surface area contributed by atoms with E-state index in [1.165, 1.54) is 0 Å². The molecule has 4 aliphatic rings. The molecule has 0 amide bonds. The zero-order valence-corrected chi connectivity index (χ0v) is 32.2. The van der Waals surface area contributed by atoms with Crippen LogP contribution in [-0.2, 0) is 32.9 Å². The van der Waals surface area contributed by atoms with Gasteiger partial charge in [-0.05, 0) is 30.0 Å². The number of hydrogen-bond donors (Lipinski definition) is 0. The topological polar surface area (TPSA) is 118 Å². The van der Waals surface area contributed by atoms with E-state index in [0.29, 0.717) is 61.9 Å². The first kappa shape index (κ1) is 38.3. The maximum Gasteiger partial charge on any atom is 0.216 e. The number of hydrogen-bond acceptors (Lipinski definition) is 8. The van der Waals surface area contributed by atoms with Crippen molar-refractivity contribution in [3.8, 4) is 0 Å². The van der Waals surface area contributed by atoms with Crippen LogP contribution >= 0.6 is 19.4 Å². The zero-order valence-electron chi connectivity index (χ0n) is 29.0. The average Bonchev–Trinajstić information content (AvgIpc) is 3.86. The third-order valence-electron chi connectivity index (χ3n) is 8.69. The van der Waals surface area contributed by atoms with Crippen LogP contribution in [-0.4, -0.2) is 79.7 Å². The molecule has 0 aromatic heterocycles. The number of benzene rings is 2. The fourth-order valence-corrected chi connectivity index (χ4v) is 8.20. The quantitative estimate of drug-likeness (QED) is 0.277. The average molecular weight is 792 g/mol. The second-order valence-electron chi connectivity index (χ2n) is 13.6. The van der Waals surface area contributed by atoms with E-state index in [1.54, 1.807) is 0 Å². The van der Waals surface area contributed by atoms with Crippen LogP contribution in [0.4, 0.5) is 0 Å². The molecule has 6 rings (SSSR count). The Morgan fingerprint density at radius 2 is 0.854 bits per heavy atom. The second kappa shape index (κ2) is 16.9. The van der Waals surface area contributed by atoms with Gasteiger partial charge in [0, 0.05) is 11.1 Å². The molecule has 2 aromatic rings. The molecule has 0 saturated heterocycles. The Morgan fingerprint density at radius 1 is 0.542 bits per heavy atom. The smallest absolute Gasteiger partial charge is 0.216 e. The SMILES string of the molecule is CC(C)[C@H]1COC(c2cccc(C3=N[C@@H](C(C)C)CO3)[c]2[Rh]([Cl])[Cl])=N1.CC(C)[C@H]1COC(c2cccc(C3=N[C@@H](C(C)C)CO3)c2)=N1.O. The van der Waals surface area contributed by atoms with Gasteiger partial charge in [0.2, 0.25) is 11.8 Å². The largest absolute Gasteiger partial charge is 0.475 e. The third-order valence-corrected chi connectivity index (χ3v) is 11.7. The molecular weight excluding hydrogens is 742 g/mol. The molecular formula is C36H49Cl2N4O5Rh. The Morgan fingerprint density at radius 3 is 1.17 bits per heavy atom. The third kappa shape index (κ3) is 8.98. The van der Waals surface area contributed by atoms with E-state index in [-0.39, 0.29) is 29.6 Å². The van der Waals surface area contributed by atoms with Gasteiger partial charge in [-0.15, -0.1) is 0 Å². The summed E-state index contributed by atoms with van der Waals surface area (Å²) in [5.41, 5.74) is 3.74. The summed E-state index contributed by atoms with van der Waals surface area (Å²) in [6.07, 6.45) is 0. The molecule has 2 N–H and O–H groups in total. The molecule has 9 nitrogen and oxygen atoms in total. The minimum absolute atomic E-state index is 0. The number of rotatable bonds is 9. The van der Waals surface area contributed by atoms with E-state index in [0.717, 1.165) is 38.2 Å². The van der Waals surface area contributed by atoms with Crippen LogP contribution in [0.3, 0.4) is 0 Å². The van der Waals surface area contributed by atoms with Crippen LogP contribution in [0.5, 0.6) is 0 Å². The molecule has 0 saturated carbocycles. The first-order valence-corrected chi connectivity index (χ1v) is 21.5. The van der Waals surface area contributed by atoms with Gasteiger partial charge in [0.05, 0.1) is 12.1 Å². The molecule has 2 aromatic carbocycles. The number of aliphatic imine (C=N–C) groups is 4. The Kier molecular flexibility index (Phi) is 13.5. The first-order valence-electron chi connectivity index (χ1n) is 16.5. The van der Waals surface area contributed by atoms with Gasteiger partial charge in [-0.3, -0.25) is 0 Å². The van der Waals surface area contributed by atoms with Crippen LogP contribution in [0.25, 0.3) is 0 Å². The van der Waals surface area contributed by atoms with Crippen LogP contribution < -0.4 is 4.16 Å². The van der Waals surface area contributed by atoms with Gasteiger partial charge >= 0.3 is 163 Å². The van der Waals surface area contributed by atoms with Crippen LogP contribution in [0.2, 0.25) is 0 Å². The van der Waals surface area contributed by atoms with E-state index < -0.39 is 14.0 Å². The van der Waals surface area contributed by atoms with Gasteiger partial charge in [-0.1, -0.05) is 33.8 Å². The predicted molar refractivity (Wildman–Crippen MR) is 192 cm³/mol. The van der Waals surface area contributed by atoms with Gasteiger partial charge < -0.3 is 14.9 Å². The van der Waals surface area contributed by atoms with E-state index in [2.05, 4.69) is 71.4 Å². The van der Waals surface area contributed by atoms with Crippen LogP contribution in [0, 0.1) is 23.7 Å². The Labute approximate surface area is 298 Å². The van der Waals surface area contributed by atoms with Crippen molar-refractivity contribution >= 4 is 47.1 Å². The van der Waals surface area contributed by atoms with Crippen molar-refractivity contribution < 1.29 is 38.4 Å². The Balaban J connectivity index is 0.000000214. The monoisotopic (exact) mass is 790 g/mol. The molecule has 0 unspecified atom stereocenters. The molecule has 266 valence electrons. The van der Waals surface area contributed by atoms with E-state index in [1.807, 2.05) is 36.4 Å². The van der Waals surface area contributed by atoms with Gasteiger partial charge in [-0.25, -0.2) is 9.98 Å². The van der Waals surface area contributed by atoms with E-state index >= 15 is 0 Å². The summed E-state index contributed by atoms with van der Waals surface area (Å²) in [4.78, 5) is 18.8. The number of ether oxygens (including phenoxy) is 4. The molecule has 48 heavy (non-hydrogen) atoms. The molecule has 0 aliphatic carbocycles. The predicted octanol–water partition coefficient (Wildman–Crippen LogP) is 6.31. The van der Waals surface area contributed by atoms with E-state index in [9.17, 15) is 0 Å². The van der Waals surface area contributed by atoms with Gasteiger partial charge in [0.15, 0.2) is 0 Å². The molecule has 0 fully saturated rings. The Bertz CT molecular complexity index is 1440. The first-order chi connectivity index (χ1) is 22.4. The molecule has 4 aliphatic heterocycles. The second-order valence-corrected chi connectivity index (χ2v) is 19.0. The fourth-order valence-electron chi connectivity index (χ4n) is 5.30. The van der Waals surface area contributed by atoms with E-state index in [4.69, 9.17) is 48.3 Å². The van der Waals surface area contributed by atoms with Crippen LogP contribution in [0.15, 0.2) is 62.4 Å². The zero-order chi connectivity index (χ0) is 33.8. The summed E-state index contributed by atoms with van der Waals surface area (Å²) in [6.45, 7) is 19.8. The molecule has 0 radical (unpaired) electrons.